The zero-order valence-electron chi connectivity index (χ0n) is 9.48. The fraction of sp³-hybridized carbons (Fsp3) is 0.500. The Balaban J connectivity index is 0. The molecule has 0 aliphatic rings. The summed E-state index contributed by atoms with van der Waals surface area (Å²) in [7, 11) is 0. The van der Waals surface area contributed by atoms with E-state index in [2.05, 4.69) is 45.7 Å². The predicted octanol–water partition coefficient (Wildman–Crippen LogP) is 0.239. The van der Waals surface area contributed by atoms with Crippen molar-refractivity contribution >= 4 is 47.0 Å². The summed E-state index contributed by atoms with van der Waals surface area (Å²) in [5, 5.41) is 14.9. The molecule has 0 aromatic carbocycles. The Bertz CT molecular complexity index is 308. The van der Waals surface area contributed by atoms with Crippen LogP contribution in [0, 0.1) is 0 Å². The van der Waals surface area contributed by atoms with Crippen LogP contribution in [0.3, 0.4) is 0 Å². The fourth-order valence-corrected chi connectivity index (χ4v) is 0.966. The first-order valence-electron chi connectivity index (χ1n) is 4.65. The Hall–Kier alpha value is -0.761. The molecule has 0 unspecified atom stereocenters. The van der Waals surface area contributed by atoms with Crippen LogP contribution in [0.15, 0.2) is 20.4 Å². The molecule has 0 saturated heterocycles. The second kappa shape index (κ2) is 10.4. The molecular formula is C8H14CuN6S2. The molecule has 0 aliphatic heterocycles. The summed E-state index contributed by atoms with van der Waals surface area (Å²) in [6.45, 7) is 3.83. The molecular weight excluding hydrogens is 308 g/mol. The van der Waals surface area contributed by atoms with Crippen molar-refractivity contribution < 1.29 is 17.1 Å². The molecule has 4 N–H and O–H groups in total. The van der Waals surface area contributed by atoms with Crippen molar-refractivity contribution in [1.29, 1.82) is 0 Å². The average Bonchev–Trinajstić information content (AvgIpc) is 2.22. The van der Waals surface area contributed by atoms with Gasteiger partial charge in [-0.1, -0.05) is 13.8 Å². The van der Waals surface area contributed by atoms with Crippen LogP contribution in [0.2, 0.25) is 0 Å². The van der Waals surface area contributed by atoms with Gasteiger partial charge in [-0.05, 0) is 23.2 Å². The second-order valence-corrected chi connectivity index (χ2v) is 3.51. The first-order chi connectivity index (χ1) is 7.51. The van der Waals surface area contributed by atoms with Crippen LogP contribution < -0.4 is 11.5 Å². The fourth-order valence-electron chi connectivity index (χ4n) is 0.884. The number of rotatable bonds is 5. The molecule has 0 aliphatic carbocycles. The Morgan fingerprint density at radius 3 is 1.29 bits per heavy atom. The number of nitrogens with two attached hydrogens (primary N) is 2. The molecule has 0 atom stereocenters. The number of hydrogen-bond acceptors (Lipinski definition) is 6. The minimum Gasteiger partial charge on any atom is -0.741 e. The maximum atomic E-state index is 5.21. The van der Waals surface area contributed by atoms with Crippen molar-refractivity contribution in [2.75, 3.05) is 0 Å². The first-order valence-corrected chi connectivity index (χ1v) is 5.47. The van der Waals surface area contributed by atoms with Crippen molar-refractivity contribution in [2.45, 2.75) is 26.7 Å². The molecule has 0 amide bonds. The van der Waals surface area contributed by atoms with Gasteiger partial charge in [-0.3, -0.25) is 0 Å². The number of hydrogen-bond donors (Lipinski definition) is 2. The Morgan fingerprint density at radius 2 is 1.12 bits per heavy atom. The van der Waals surface area contributed by atoms with E-state index < -0.39 is 0 Å². The molecule has 17 heavy (non-hydrogen) atoms. The molecule has 0 fully saturated rings. The normalized spacial score (nSPS) is 14.5. The van der Waals surface area contributed by atoms with Gasteiger partial charge in [0.05, 0.1) is 11.4 Å². The van der Waals surface area contributed by atoms with Crippen LogP contribution in [0.25, 0.3) is 0 Å². The molecule has 0 bridgehead atoms. The summed E-state index contributed by atoms with van der Waals surface area (Å²) < 4.78 is 0. The monoisotopic (exact) mass is 321 g/mol. The van der Waals surface area contributed by atoms with Gasteiger partial charge in [-0.15, -0.1) is 0 Å². The van der Waals surface area contributed by atoms with Crippen LogP contribution in [0.1, 0.15) is 26.7 Å². The molecule has 0 rings (SSSR count). The van der Waals surface area contributed by atoms with Gasteiger partial charge in [0.1, 0.15) is 0 Å². The first kappa shape index (κ1) is 18.6. The van der Waals surface area contributed by atoms with E-state index in [4.69, 9.17) is 11.5 Å². The summed E-state index contributed by atoms with van der Waals surface area (Å²) in [5.74, 6) is 0. The van der Waals surface area contributed by atoms with Crippen molar-refractivity contribution in [2.24, 2.45) is 31.9 Å². The van der Waals surface area contributed by atoms with Crippen molar-refractivity contribution in [1.82, 2.24) is 0 Å². The average molecular weight is 322 g/mol. The third-order valence-electron chi connectivity index (χ3n) is 1.54. The zero-order chi connectivity index (χ0) is 12.6. The smallest absolute Gasteiger partial charge is 0.741 e. The summed E-state index contributed by atoms with van der Waals surface area (Å²) in [4.78, 5) is 0. The second-order valence-electron chi connectivity index (χ2n) is 2.68. The third kappa shape index (κ3) is 8.99. The number of amidine groups is 2. The number of nitrogens with zero attached hydrogens (tertiary/aromatic N) is 4. The maximum absolute atomic E-state index is 5.21. The molecule has 0 aromatic heterocycles. The zero-order valence-corrected chi connectivity index (χ0v) is 12.1. The van der Waals surface area contributed by atoms with Gasteiger partial charge in [0.15, 0.2) is 0 Å². The van der Waals surface area contributed by atoms with Gasteiger partial charge in [0.25, 0.3) is 0 Å². The van der Waals surface area contributed by atoms with Crippen LogP contribution >= 0.6 is 0 Å². The summed E-state index contributed by atoms with van der Waals surface area (Å²) >= 11 is 9.18. The van der Waals surface area contributed by atoms with Gasteiger partial charge in [0, 0.05) is 0 Å². The summed E-state index contributed by atoms with van der Waals surface area (Å²) in [6.07, 6.45) is 1.29. The Morgan fingerprint density at radius 1 is 0.824 bits per heavy atom. The van der Waals surface area contributed by atoms with E-state index in [0.717, 1.165) is 0 Å². The predicted molar refractivity (Wildman–Crippen MR) is 73.4 cm³/mol. The SMILES string of the molecule is CCC(=N/N=C(/N)[S-])/C(CC)=N\N=C(\N)[S-].[Cu+2]. The maximum Gasteiger partial charge on any atom is 2.00 e. The van der Waals surface area contributed by atoms with E-state index in [1.54, 1.807) is 0 Å². The van der Waals surface area contributed by atoms with Crippen LogP contribution in [0.4, 0.5) is 0 Å². The molecule has 1 radical (unpaired) electrons. The standard InChI is InChI=1S/C8H16N6S2.Cu/c1-3-5(11-13-7(9)15)6(4-2)12-14-8(10)16;/h3-4H2,1-2H3,(H3,9,13,15)(H3,10,14,16);/q;+2/p-2/b11-5-,12-6-;. The van der Waals surface area contributed by atoms with Gasteiger partial charge < -0.3 is 36.7 Å². The minimum atomic E-state index is -0.0207. The third-order valence-corrected chi connectivity index (χ3v) is 1.70. The van der Waals surface area contributed by atoms with Crippen LogP contribution in [-0.2, 0) is 42.3 Å². The Kier molecular flexibility index (Phi) is 11.4. The van der Waals surface area contributed by atoms with E-state index in [1.165, 1.54) is 0 Å². The topological polar surface area (TPSA) is 101 Å². The molecule has 99 valence electrons. The molecule has 0 spiro atoms. The van der Waals surface area contributed by atoms with E-state index in [0.29, 0.717) is 24.3 Å². The van der Waals surface area contributed by atoms with Gasteiger partial charge in [0.2, 0.25) is 0 Å². The van der Waals surface area contributed by atoms with Gasteiger partial charge >= 0.3 is 17.1 Å². The molecule has 6 nitrogen and oxygen atoms in total. The summed E-state index contributed by atoms with van der Waals surface area (Å²) in [5.41, 5.74) is 11.8. The molecule has 9 heteroatoms. The van der Waals surface area contributed by atoms with E-state index in [1.807, 2.05) is 13.8 Å². The molecule has 0 saturated carbocycles. The molecule has 0 heterocycles. The van der Waals surface area contributed by atoms with Crippen LogP contribution in [-0.4, -0.2) is 21.8 Å². The van der Waals surface area contributed by atoms with E-state index in [9.17, 15) is 0 Å². The van der Waals surface area contributed by atoms with Crippen molar-refractivity contribution in [3.8, 4) is 0 Å². The van der Waals surface area contributed by atoms with Gasteiger partial charge in [-0.25, -0.2) is 0 Å². The van der Waals surface area contributed by atoms with Crippen molar-refractivity contribution in [3.05, 3.63) is 0 Å². The van der Waals surface area contributed by atoms with E-state index in [-0.39, 0.29) is 27.4 Å². The van der Waals surface area contributed by atoms with E-state index >= 15 is 0 Å². The van der Waals surface area contributed by atoms with Crippen LogP contribution in [0.5, 0.6) is 0 Å². The quantitative estimate of drug-likeness (QED) is 0.249. The Labute approximate surface area is 122 Å². The minimum absolute atomic E-state index is 0. The molecule has 0 aromatic rings. The largest absolute Gasteiger partial charge is 2.00 e. The van der Waals surface area contributed by atoms with Crippen molar-refractivity contribution in [3.63, 3.8) is 0 Å². The summed E-state index contributed by atoms with van der Waals surface area (Å²) in [6, 6.07) is 0. The van der Waals surface area contributed by atoms with Gasteiger partial charge in [-0.2, -0.15) is 20.4 Å².